The van der Waals surface area contributed by atoms with Gasteiger partial charge >= 0.3 is 0 Å². The third-order valence-electron chi connectivity index (χ3n) is 1.91. The average molecular weight is 183 g/mol. The minimum Gasteiger partial charge on any atom is -0.382 e. The zero-order valence-electron chi connectivity index (χ0n) is 8.45. The standard InChI is InChI=1S/C9H17N3O/c1-8-4-5-12(11-8)9(6-10-2)7-13-3/h4-5,9-10H,6-7H2,1-3H3. The third kappa shape index (κ3) is 2.82. The quantitative estimate of drug-likeness (QED) is 0.726. The van der Waals surface area contributed by atoms with Crippen LogP contribution in [0.4, 0.5) is 0 Å². The monoisotopic (exact) mass is 183 g/mol. The minimum absolute atomic E-state index is 0.281. The number of likely N-dealkylation sites (N-methyl/N-ethyl adjacent to an activating group) is 1. The van der Waals surface area contributed by atoms with Crippen molar-refractivity contribution >= 4 is 0 Å². The largest absolute Gasteiger partial charge is 0.382 e. The number of rotatable bonds is 5. The lowest BCUT2D eigenvalue weighted by atomic mass is 10.3. The van der Waals surface area contributed by atoms with Crippen molar-refractivity contribution in [2.75, 3.05) is 27.3 Å². The summed E-state index contributed by atoms with van der Waals surface area (Å²) in [7, 11) is 3.64. The van der Waals surface area contributed by atoms with Crippen molar-refractivity contribution in [1.82, 2.24) is 15.1 Å². The molecule has 0 aliphatic heterocycles. The molecule has 13 heavy (non-hydrogen) atoms. The van der Waals surface area contributed by atoms with Gasteiger partial charge in [-0.15, -0.1) is 0 Å². The molecule has 0 saturated heterocycles. The molecule has 1 aromatic heterocycles. The Kier molecular flexibility index (Phi) is 3.92. The van der Waals surface area contributed by atoms with E-state index in [2.05, 4.69) is 10.4 Å². The van der Waals surface area contributed by atoms with Gasteiger partial charge in [0.05, 0.1) is 18.3 Å². The van der Waals surface area contributed by atoms with Crippen LogP contribution in [0.2, 0.25) is 0 Å². The fourth-order valence-corrected chi connectivity index (χ4v) is 1.29. The van der Waals surface area contributed by atoms with E-state index in [1.54, 1.807) is 7.11 Å². The molecule has 1 heterocycles. The molecule has 0 amide bonds. The molecule has 4 heteroatoms. The molecule has 1 atom stereocenters. The first-order chi connectivity index (χ1) is 6.27. The molecule has 1 aromatic rings. The van der Waals surface area contributed by atoms with E-state index in [9.17, 15) is 0 Å². The predicted molar refractivity (Wildman–Crippen MR) is 51.8 cm³/mol. The van der Waals surface area contributed by atoms with E-state index in [0.29, 0.717) is 6.61 Å². The smallest absolute Gasteiger partial charge is 0.0876 e. The Morgan fingerprint density at radius 2 is 2.46 bits per heavy atom. The van der Waals surface area contributed by atoms with Crippen molar-refractivity contribution in [2.24, 2.45) is 0 Å². The Balaban J connectivity index is 2.63. The second-order valence-electron chi connectivity index (χ2n) is 3.10. The fraction of sp³-hybridized carbons (Fsp3) is 0.667. The first kappa shape index (κ1) is 10.2. The van der Waals surface area contributed by atoms with Gasteiger partial charge in [-0.05, 0) is 20.0 Å². The van der Waals surface area contributed by atoms with Gasteiger partial charge in [0.15, 0.2) is 0 Å². The van der Waals surface area contributed by atoms with Gasteiger partial charge in [-0.2, -0.15) is 5.10 Å². The summed E-state index contributed by atoms with van der Waals surface area (Å²) in [6, 6.07) is 2.28. The van der Waals surface area contributed by atoms with Crippen molar-refractivity contribution < 1.29 is 4.74 Å². The summed E-state index contributed by atoms with van der Waals surface area (Å²) in [5, 5.41) is 7.46. The van der Waals surface area contributed by atoms with Gasteiger partial charge < -0.3 is 10.1 Å². The van der Waals surface area contributed by atoms with Crippen molar-refractivity contribution in [3.8, 4) is 0 Å². The Labute approximate surface area is 78.9 Å². The molecule has 0 radical (unpaired) electrons. The Hall–Kier alpha value is -0.870. The summed E-state index contributed by atoms with van der Waals surface area (Å²) in [5.74, 6) is 0. The van der Waals surface area contributed by atoms with Crippen LogP contribution in [0.15, 0.2) is 12.3 Å². The van der Waals surface area contributed by atoms with Crippen molar-refractivity contribution in [1.29, 1.82) is 0 Å². The summed E-state index contributed by atoms with van der Waals surface area (Å²) in [6.07, 6.45) is 1.98. The molecule has 1 rings (SSSR count). The molecule has 0 spiro atoms. The topological polar surface area (TPSA) is 39.1 Å². The molecular formula is C9H17N3O. The molecule has 1 unspecified atom stereocenters. The molecule has 0 aliphatic carbocycles. The molecule has 0 bridgehead atoms. The molecule has 74 valence electrons. The van der Waals surface area contributed by atoms with Crippen LogP contribution in [0.3, 0.4) is 0 Å². The van der Waals surface area contributed by atoms with E-state index in [4.69, 9.17) is 4.74 Å². The van der Waals surface area contributed by atoms with Crippen molar-refractivity contribution in [3.05, 3.63) is 18.0 Å². The number of methoxy groups -OCH3 is 1. The Morgan fingerprint density at radius 3 is 2.92 bits per heavy atom. The number of aromatic nitrogens is 2. The van der Waals surface area contributed by atoms with Gasteiger partial charge in [0.1, 0.15) is 0 Å². The normalized spacial score (nSPS) is 13.2. The van der Waals surface area contributed by atoms with E-state index in [1.165, 1.54) is 0 Å². The highest BCUT2D eigenvalue weighted by molar-refractivity contribution is 4.96. The molecule has 0 fully saturated rings. The van der Waals surface area contributed by atoms with Gasteiger partial charge in [0.25, 0.3) is 0 Å². The Morgan fingerprint density at radius 1 is 1.69 bits per heavy atom. The van der Waals surface area contributed by atoms with E-state index >= 15 is 0 Å². The Bertz CT molecular complexity index is 241. The molecule has 0 aromatic carbocycles. The lowest BCUT2D eigenvalue weighted by Gasteiger charge is -2.15. The van der Waals surface area contributed by atoms with E-state index < -0.39 is 0 Å². The summed E-state index contributed by atoms with van der Waals surface area (Å²) in [6.45, 7) is 3.54. The summed E-state index contributed by atoms with van der Waals surface area (Å²) < 4.78 is 7.06. The van der Waals surface area contributed by atoms with E-state index in [-0.39, 0.29) is 6.04 Å². The molecular weight excluding hydrogens is 166 g/mol. The van der Waals surface area contributed by atoms with Crippen LogP contribution in [0.1, 0.15) is 11.7 Å². The molecule has 1 N–H and O–H groups in total. The molecule has 4 nitrogen and oxygen atoms in total. The van der Waals surface area contributed by atoms with Gasteiger partial charge in [0, 0.05) is 19.9 Å². The molecule has 0 saturated carbocycles. The van der Waals surface area contributed by atoms with Gasteiger partial charge in [-0.3, -0.25) is 4.68 Å². The maximum Gasteiger partial charge on any atom is 0.0876 e. The van der Waals surface area contributed by atoms with Crippen LogP contribution in [-0.2, 0) is 4.74 Å². The highest BCUT2D eigenvalue weighted by atomic mass is 16.5. The van der Waals surface area contributed by atoms with Gasteiger partial charge in [-0.1, -0.05) is 0 Å². The number of hydrogen-bond donors (Lipinski definition) is 1. The predicted octanol–water partition coefficient (Wildman–Crippen LogP) is 0.598. The lowest BCUT2D eigenvalue weighted by molar-refractivity contribution is 0.149. The van der Waals surface area contributed by atoms with Gasteiger partial charge in [0.2, 0.25) is 0 Å². The van der Waals surface area contributed by atoms with E-state index in [1.807, 2.05) is 30.9 Å². The number of nitrogens with zero attached hydrogens (tertiary/aromatic N) is 2. The van der Waals surface area contributed by atoms with Crippen molar-refractivity contribution in [2.45, 2.75) is 13.0 Å². The minimum atomic E-state index is 0.281. The maximum absolute atomic E-state index is 5.12. The van der Waals surface area contributed by atoms with E-state index in [0.717, 1.165) is 12.2 Å². The first-order valence-electron chi connectivity index (χ1n) is 4.43. The van der Waals surface area contributed by atoms with Crippen LogP contribution in [0.5, 0.6) is 0 Å². The highest BCUT2D eigenvalue weighted by Crippen LogP contribution is 2.05. The summed E-state index contributed by atoms with van der Waals surface area (Å²) >= 11 is 0. The zero-order valence-corrected chi connectivity index (χ0v) is 8.45. The number of nitrogens with one attached hydrogen (secondary N) is 1. The lowest BCUT2D eigenvalue weighted by Crippen LogP contribution is -2.26. The number of hydrogen-bond acceptors (Lipinski definition) is 3. The summed E-state index contributed by atoms with van der Waals surface area (Å²) in [5.41, 5.74) is 1.04. The van der Waals surface area contributed by atoms with Crippen LogP contribution in [0, 0.1) is 6.92 Å². The van der Waals surface area contributed by atoms with Crippen LogP contribution >= 0.6 is 0 Å². The number of aryl methyl sites for hydroxylation is 1. The second-order valence-corrected chi connectivity index (χ2v) is 3.10. The maximum atomic E-state index is 5.12. The first-order valence-corrected chi connectivity index (χ1v) is 4.43. The van der Waals surface area contributed by atoms with Crippen LogP contribution in [-0.4, -0.2) is 37.1 Å². The molecule has 0 aliphatic rings. The summed E-state index contributed by atoms with van der Waals surface area (Å²) in [4.78, 5) is 0. The van der Waals surface area contributed by atoms with Crippen molar-refractivity contribution in [3.63, 3.8) is 0 Å². The fourth-order valence-electron chi connectivity index (χ4n) is 1.29. The van der Waals surface area contributed by atoms with Crippen LogP contribution in [0.25, 0.3) is 0 Å². The average Bonchev–Trinajstić information content (AvgIpc) is 2.51. The van der Waals surface area contributed by atoms with Crippen LogP contribution < -0.4 is 5.32 Å². The SMILES string of the molecule is CNCC(COC)n1ccc(C)n1. The second kappa shape index (κ2) is 4.99. The van der Waals surface area contributed by atoms with Gasteiger partial charge in [-0.25, -0.2) is 0 Å². The highest BCUT2D eigenvalue weighted by Gasteiger charge is 2.09. The number of ether oxygens (including phenoxy) is 1. The third-order valence-corrected chi connectivity index (χ3v) is 1.91. The zero-order chi connectivity index (χ0) is 9.68.